The molecule has 0 saturated heterocycles. The molecule has 0 heterocycles. The van der Waals surface area contributed by atoms with E-state index in [1.165, 1.54) is 0 Å². The fourth-order valence-electron chi connectivity index (χ4n) is 0.126. The normalized spacial score (nSPS) is 10.5. The molecule has 0 radical (unpaired) electrons. The highest BCUT2D eigenvalue weighted by atomic mass is 79.9. The molecule has 0 aliphatic rings. The first-order chi connectivity index (χ1) is 3.06. The second-order valence-corrected chi connectivity index (χ2v) is 1.99. The van der Waals surface area contributed by atoms with Crippen LogP contribution in [0, 0.1) is 0 Å². The zero-order valence-electron chi connectivity index (χ0n) is 4.03. The van der Waals surface area contributed by atoms with Crippen molar-refractivity contribution >= 4 is 28.3 Å². The summed E-state index contributed by atoms with van der Waals surface area (Å²) >= 11 is 2.83. The van der Waals surface area contributed by atoms with Crippen molar-refractivity contribution in [2.75, 3.05) is 5.33 Å². The molecule has 0 bridgehead atoms. The number of alkyl halides is 3. The van der Waals surface area contributed by atoms with E-state index in [2.05, 4.69) is 21.7 Å². The summed E-state index contributed by atoms with van der Waals surface area (Å²) in [5.74, 6) is 0. The highest BCUT2D eigenvalue weighted by molar-refractivity contribution is 9.09. The molecule has 0 aliphatic carbocycles. The van der Waals surface area contributed by atoms with Crippen LogP contribution in [0.5, 0.6) is 0 Å². The lowest BCUT2D eigenvalue weighted by Gasteiger charge is -2.04. The average molecular weight is 210 g/mol. The molecule has 0 fully saturated rings. The van der Waals surface area contributed by atoms with Crippen molar-refractivity contribution in [1.82, 2.24) is 0 Å². The van der Waals surface area contributed by atoms with E-state index in [0.717, 1.165) is 0 Å². The van der Waals surface area contributed by atoms with Gasteiger partial charge < -0.3 is 0 Å². The molecule has 8 heavy (non-hydrogen) atoms. The minimum atomic E-state index is -3.00. The van der Waals surface area contributed by atoms with Gasteiger partial charge >= 0.3 is 6.05 Å². The quantitative estimate of drug-likeness (QED) is 0.545. The van der Waals surface area contributed by atoms with E-state index in [9.17, 15) is 8.78 Å². The fraction of sp³-hybridized carbons (Fsp3) is 1.00. The van der Waals surface area contributed by atoms with Crippen molar-refractivity contribution in [3.8, 4) is 0 Å². The highest BCUT2D eigenvalue weighted by Crippen LogP contribution is 2.10. The molecular formula is C3H7BrClF2N. The Hall–Kier alpha value is 0.590. The van der Waals surface area contributed by atoms with Crippen LogP contribution in [0.15, 0.2) is 0 Å². The molecular weight excluding hydrogens is 203 g/mol. The largest absolute Gasteiger partial charge is 0.300 e. The van der Waals surface area contributed by atoms with Crippen LogP contribution in [0.25, 0.3) is 0 Å². The van der Waals surface area contributed by atoms with Crippen LogP contribution in [0.2, 0.25) is 0 Å². The Kier molecular flexibility index (Phi) is 6.36. The third kappa shape index (κ3) is 9.77. The molecule has 5 heteroatoms. The van der Waals surface area contributed by atoms with Crippen LogP contribution < -0.4 is 5.73 Å². The Labute approximate surface area is 61.2 Å². The Morgan fingerprint density at radius 3 is 1.88 bits per heavy atom. The standard InChI is InChI=1S/C3H6BrF2N.ClH/c4-2-1-3(5,6)7;/h1-2,7H2;1H. The Morgan fingerprint density at radius 2 is 1.88 bits per heavy atom. The van der Waals surface area contributed by atoms with Crippen molar-refractivity contribution in [2.24, 2.45) is 5.73 Å². The number of hydrogen-bond donors (Lipinski definition) is 1. The zero-order chi connectivity index (χ0) is 5.91. The fourth-order valence-corrected chi connectivity index (χ4v) is 0.655. The minimum absolute atomic E-state index is 0. The summed E-state index contributed by atoms with van der Waals surface area (Å²) in [5, 5.41) is 0.247. The zero-order valence-corrected chi connectivity index (χ0v) is 6.44. The van der Waals surface area contributed by atoms with Crippen LogP contribution in [-0.2, 0) is 0 Å². The molecule has 0 aromatic heterocycles. The van der Waals surface area contributed by atoms with Crippen molar-refractivity contribution in [1.29, 1.82) is 0 Å². The summed E-state index contributed by atoms with van der Waals surface area (Å²) in [5.41, 5.74) is 4.28. The van der Waals surface area contributed by atoms with E-state index in [1.807, 2.05) is 0 Å². The third-order valence-corrected chi connectivity index (χ3v) is 0.824. The van der Waals surface area contributed by atoms with Gasteiger partial charge in [0.25, 0.3) is 0 Å². The van der Waals surface area contributed by atoms with Gasteiger partial charge in [-0.25, -0.2) is 0 Å². The van der Waals surface area contributed by atoms with Gasteiger partial charge in [0, 0.05) is 11.8 Å². The van der Waals surface area contributed by atoms with Crippen LogP contribution in [-0.4, -0.2) is 11.4 Å². The Morgan fingerprint density at radius 1 is 1.50 bits per heavy atom. The predicted octanol–water partition coefficient (Wildman–Crippen LogP) is 1.74. The van der Waals surface area contributed by atoms with Gasteiger partial charge in [0.1, 0.15) is 0 Å². The molecule has 0 aromatic rings. The molecule has 0 aromatic carbocycles. The van der Waals surface area contributed by atoms with Crippen molar-refractivity contribution in [3.05, 3.63) is 0 Å². The molecule has 1 nitrogen and oxygen atoms in total. The van der Waals surface area contributed by atoms with Gasteiger partial charge in [-0.05, 0) is 0 Å². The minimum Gasteiger partial charge on any atom is -0.272 e. The lowest BCUT2D eigenvalue weighted by atomic mass is 10.4. The van der Waals surface area contributed by atoms with Crippen molar-refractivity contribution in [2.45, 2.75) is 12.5 Å². The van der Waals surface area contributed by atoms with Gasteiger partial charge in [0.2, 0.25) is 0 Å². The maximum absolute atomic E-state index is 11.5. The summed E-state index contributed by atoms with van der Waals surface area (Å²) < 4.78 is 22.9. The summed E-state index contributed by atoms with van der Waals surface area (Å²) in [6.07, 6.45) is -0.299. The van der Waals surface area contributed by atoms with E-state index < -0.39 is 6.05 Å². The summed E-state index contributed by atoms with van der Waals surface area (Å²) in [6.45, 7) is 0. The average Bonchev–Trinajstić information content (AvgIpc) is 1.30. The highest BCUT2D eigenvalue weighted by Gasteiger charge is 2.19. The number of nitrogens with two attached hydrogens (primary N) is 1. The van der Waals surface area contributed by atoms with E-state index in [1.54, 1.807) is 0 Å². The first-order valence-electron chi connectivity index (χ1n) is 1.79. The van der Waals surface area contributed by atoms with Gasteiger partial charge in [0.05, 0.1) is 0 Å². The van der Waals surface area contributed by atoms with Crippen LogP contribution >= 0.6 is 28.3 Å². The summed E-state index contributed by atoms with van der Waals surface area (Å²) in [7, 11) is 0. The van der Waals surface area contributed by atoms with Gasteiger partial charge in [0.15, 0.2) is 0 Å². The molecule has 0 saturated carbocycles. The van der Waals surface area contributed by atoms with Gasteiger partial charge in [-0.3, -0.25) is 5.73 Å². The lowest BCUT2D eigenvalue weighted by molar-refractivity contribution is 0.00587. The molecule has 52 valence electrons. The summed E-state index contributed by atoms with van der Waals surface area (Å²) in [4.78, 5) is 0. The van der Waals surface area contributed by atoms with Gasteiger partial charge in [-0.1, -0.05) is 15.9 Å². The van der Waals surface area contributed by atoms with Crippen molar-refractivity contribution < 1.29 is 8.78 Å². The number of hydrogen-bond acceptors (Lipinski definition) is 1. The van der Waals surface area contributed by atoms with Crippen LogP contribution in [0.1, 0.15) is 6.42 Å². The maximum atomic E-state index is 11.5. The molecule has 0 spiro atoms. The first kappa shape index (κ1) is 11.4. The smallest absolute Gasteiger partial charge is 0.272 e. The maximum Gasteiger partial charge on any atom is 0.300 e. The predicted molar refractivity (Wildman–Crippen MR) is 34.8 cm³/mol. The van der Waals surface area contributed by atoms with Crippen LogP contribution in [0.4, 0.5) is 8.78 Å². The van der Waals surface area contributed by atoms with Gasteiger partial charge in [-0.2, -0.15) is 8.78 Å². The number of halogens is 4. The summed E-state index contributed by atoms with van der Waals surface area (Å²) in [6, 6.07) is -3.00. The van der Waals surface area contributed by atoms with E-state index in [-0.39, 0.29) is 24.2 Å². The van der Waals surface area contributed by atoms with E-state index in [4.69, 9.17) is 0 Å². The number of rotatable bonds is 2. The van der Waals surface area contributed by atoms with Gasteiger partial charge in [-0.15, -0.1) is 12.4 Å². The topological polar surface area (TPSA) is 26.0 Å². The molecule has 2 N–H and O–H groups in total. The monoisotopic (exact) mass is 209 g/mol. The van der Waals surface area contributed by atoms with E-state index >= 15 is 0 Å². The Bertz CT molecular complexity index is 55.7. The molecule has 0 atom stereocenters. The van der Waals surface area contributed by atoms with E-state index in [0.29, 0.717) is 0 Å². The molecule has 0 amide bonds. The molecule has 0 rings (SSSR count). The molecule has 0 unspecified atom stereocenters. The van der Waals surface area contributed by atoms with Crippen LogP contribution in [0.3, 0.4) is 0 Å². The molecule has 0 aliphatic heterocycles. The lowest BCUT2D eigenvalue weighted by Crippen LogP contribution is -2.28. The third-order valence-electron chi connectivity index (χ3n) is 0.428. The van der Waals surface area contributed by atoms with Crippen molar-refractivity contribution in [3.63, 3.8) is 0 Å². The second-order valence-electron chi connectivity index (χ2n) is 1.20. The second kappa shape index (κ2) is 4.47. The Balaban J connectivity index is 0. The first-order valence-corrected chi connectivity index (χ1v) is 2.91. The SMILES string of the molecule is Cl.NC(F)(F)CCBr.